The first kappa shape index (κ1) is 17.2. The molecule has 0 radical (unpaired) electrons. The Kier molecular flexibility index (Phi) is 7.28. The number of hydrogen-bond acceptors (Lipinski definition) is 2. The van der Waals surface area contributed by atoms with E-state index in [1.165, 1.54) is 29.8 Å². The van der Waals surface area contributed by atoms with Crippen LogP contribution in [-0.4, -0.2) is 22.9 Å². The van der Waals surface area contributed by atoms with Gasteiger partial charge in [-0.15, -0.1) is 0 Å². The molecule has 116 valence electrons. The number of aromatic nitrogens is 2. The van der Waals surface area contributed by atoms with Gasteiger partial charge in [0.15, 0.2) is 0 Å². The van der Waals surface area contributed by atoms with E-state index in [-0.39, 0.29) is 0 Å². The lowest BCUT2D eigenvalue weighted by Crippen LogP contribution is -2.22. The van der Waals surface area contributed by atoms with Crippen molar-refractivity contribution in [2.24, 2.45) is 11.8 Å². The van der Waals surface area contributed by atoms with E-state index in [1.807, 2.05) is 0 Å². The van der Waals surface area contributed by atoms with E-state index in [9.17, 15) is 0 Å². The summed E-state index contributed by atoms with van der Waals surface area (Å²) in [7, 11) is 0. The molecule has 0 unspecified atom stereocenters. The Morgan fingerprint density at radius 2 is 1.80 bits per heavy atom. The van der Waals surface area contributed by atoms with Gasteiger partial charge in [0.1, 0.15) is 0 Å². The van der Waals surface area contributed by atoms with Gasteiger partial charge in [-0.25, -0.2) is 0 Å². The first-order chi connectivity index (χ1) is 9.49. The zero-order valence-corrected chi connectivity index (χ0v) is 14.3. The lowest BCUT2D eigenvalue weighted by atomic mass is 10.0. The van der Waals surface area contributed by atoms with Crippen LogP contribution in [0.5, 0.6) is 0 Å². The van der Waals surface area contributed by atoms with Crippen molar-refractivity contribution in [3.8, 4) is 0 Å². The zero-order chi connectivity index (χ0) is 15.1. The van der Waals surface area contributed by atoms with E-state index in [4.69, 9.17) is 5.10 Å². The molecule has 0 saturated heterocycles. The summed E-state index contributed by atoms with van der Waals surface area (Å²) < 4.78 is 2.23. The van der Waals surface area contributed by atoms with Crippen molar-refractivity contribution in [2.75, 3.05) is 13.1 Å². The Morgan fingerprint density at radius 1 is 1.15 bits per heavy atom. The highest BCUT2D eigenvalue weighted by Gasteiger charge is 2.13. The summed E-state index contributed by atoms with van der Waals surface area (Å²) in [5.74, 6) is 1.47. The molecule has 1 rings (SSSR count). The molecular weight excluding hydrogens is 246 g/mol. The minimum Gasteiger partial charge on any atom is -0.316 e. The summed E-state index contributed by atoms with van der Waals surface area (Å²) in [6.07, 6.45) is 3.56. The molecule has 0 aliphatic heterocycles. The number of nitrogens with zero attached hydrogens (tertiary/aromatic N) is 2. The van der Waals surface area contributed by atoms with Gasteiger partial charge in [0.05, 0.1) is 5.69 Å². The van der Waals surface area contributed by atoms with Gasteiger partial charge in [0.2, 0.25) is 0 Å². The van der Waals surface area contributed by atoms with Gasteiger partial charge >= 0.3 is 0 Å². The van der Waals surface area contributed by atoms with Crippen molar-refractivity contribution in [2.45, 2.75) is 67.3 Å². The van der Waals surface area contributed by atoms with Crippen LogP contribution in [-0.2, 0) is 13.0 Å². The van der Waals surface area contributed by atoms with E-state index in [2.05, 4.69) is 51.5 Å². The predicted molar refractivity (Wildman–Crippen MR) is 87.2 cm³/mol. The fraction of sp³-hybridized carbons (Fsp3) is 0.824. The SMILES string of the molecule is CCC(CC)Cn1nc(C)c(CCNCC(C)C)c1C. The molecule has 0 spiro atoms. The quantitative estimate of drug-likeness (QED) is 0.698. The smallest absolute Gasteiger partial charge is 0.0628 e. The third-order valence-corrected chi connectivity index (χ3v) is 4.22. The summed E-state index contributed by atoms with van der Waals surface area (Å²) in [6, 6.07) is 0. The van der Waals surface area contributed by atoms with Crippen LogP contribution in [0.25, 0.3) is 0 Å². The molecule has 1 aromatic rings. The number of aryl methyl sites for hydroxylation is 1. The van der Waals surface area contributed by atoms with Crippen LogP contribution in [0.4, 0.5) is 0 Å². The molecule has 0 aromatic carbocycles. The molecule has 0 saturated carbocycles. The largest absolute Gasteiger partial charge is 0.316 e. The summed E-state index contributed by atoms with van der Waals surface area (Å²) in [6.45, 7) is 16.6. The topological polar surface area (TPSA) is 29.9 Å². The van der Waals surface area contributed by atoms with E-state index in [0.717, 1.165) is 37.9 Å². The third kappa shape index (κ3) is 4.93. The van der Waals surface area contributed by atoms with Gasteiger partial charge in [-0.05, 0) is 50.8 Å². The molecular formula is C17H33N3. The van der Waals surface area contributed by atoms with E-state index >= 15 is 0 Å². The molecule has 0 fully saturated rings. The van der Waals surface area contributed by atoms with Crippen LogP contribution in [0.2, 0.25) is 0 Å². The monoisotopic (exact) mass is 279 g/mol. The van der Waals surface area contributed by atoms with Gasteiger partial charge < -0.3 is 5.32 Å². The molecule has 0 amide bonds. The lowest BCUT2D eigenvalue weighted by molar-refractivity contribution is 0.390. The van der Waals surface area contributed by atoms with Crippen molar-refractivity contribution < 1.29 is 0 Å². The number of nitrogens with one attached hydrogen (secondary N) is 1. The molecule has 0 bridgehead atoms. The maximum absolute atomic E-state index is 4.75. The highest BCUT2D eigenvalue weighted by Crippen LogP contribution is 2.17. The second-order valence-electron chi connectivity index (χ2n) is 6.36. The fourth-order valence-corrected chi connectivity index (χ4v) is 2.67. The highest BCUT2D eigenvalue weighted by atomic mass is 15.3. The number of rotatable bonds is 9. The van der Waals surface area contributed by atoms with Gasteiger partial charge in [0, 0.05) is 12.2 Å². The molecule has 3 heteroatoms. The molecule has 1 N–H and O–H groups in total. The van der Waals surface area contributed by atoms with Crippen molar-refractivity contribution in [3.05, 3.63) is 17.0 Å². The standard InChI is InChI=1S/C17H33N3/c1-7-16(8-2)12-20-15(6)17(14(5)19-20)9-10-18-11-13(3)4/h13,16,18H,7-12H2,1-6H3. The first-order valence-electron chi connectivity index (χ1n) is 8.23. The normalized spacial score (nSPS) is 11.8. The van der Waals surface area contributed by atoms with Crippen LogP contribution >= 0.6 is 0 Å². The predicted octanol–water partition coefficient (Wildman–Crippen LogP) is 3.72. The summed E-state index contributed by atoms with van der Waals surface area (Å²) in [4.78, 5) is 0. The maximum atomic E-state index is 4.75. The van der Waals surface area contributed by atoms with Gasteiger partial charge in [-0.2, -0.15) is 5.10 Å². The van der Waals surface area contributed by atoms with Crippen LogP contribution in [0, 0.1) is 25.7 Å². The van der Waals surface area contributed by atoms with Gasteiger partial charge in [-0.3, -0.25) is 4.68 Å². The maximum Gasteiger partial charge on any atom is 0.0628 e. The number of hydrogen-bond donors (Lipinski definition) is 1. The Hall–Kier alpha value is -0.830. The second kappa shape index (κ2) is 8.46. The Balaban J connectivity index is 2.61. The lowest BCUT2D eigenvalue weighted by Gasteiger charge is -2.14. The average Bonchev–Trinajstić information content (AvgIpc) is 2.67. The van der Waals surface area contributed by atoms with Crippen molar-refractivity contribution >= 4 is 0 Å². The zero-order valence-electron chi connectivity index (χ0n) is 14.3. The van der Waals surface area contributed by atoms with E-state index in [0.29, 0.717) is 0 Å². The van der Waals surface area contributed by atoms with Crippen LogP contribution in [0.1, 0.15) is 57.5 Å². The highest BCUT2D eigenvalue weighted by molar-refractivity contribution is 5.24. The Labute approximate surface area is 125 Å². The first-order valence-corrected chi connectivity index (χ1v) is 8.23. The van der Waals surface area contributed by atoms with Gasteiger partial charge in [-0.1, -0.05) is 40.5 Å². The van der Waals surface area contributed by atoms with Crippen LogP contribution in [0.15, 0.2) is 0 Å². The Bertz CT molecular complexity index is 389. The minimum atomic E-state index is 0.717. The third-order valence-electron chi connectivity index (χ3n) is 4.22. The molecule has 1 aromatic heterocycles. The summed E-state index contributed by atoms with van der Waals surface area (Å²) in [5.41, 5.74) is 4.01. The summed E-state index contributed by atoms with van der Waals surface area (Å²) >= 11 is 0. The molecule has 0 aliphatic carbocycles. The summed E-state index contributed by atoms with van der Waals surface area (Å²) in [5, 5.41) is 8.27. The van der Waals surface area contributed by atoms with Gasteiger partial charge in [0.25, 0.3) is 0 Å². The minimum absolute atomic E-state index is 0.717. The van der Waals surface area contributed by atoms with E-state index in [1.54, 1.807) is 0 Å². The molecule has 0 atom stereocenters. The average molecular weight is 279 g/mol. The Morgan fingerprint density at radius 3 is 2.35 bits per heavy atom. The molecule has 0 aliphatic rings. The fourth-order valence-electron chi connectivity index (χ4n) is 2.67. The second-order valence-corrected chi connectivity index (χ2v) is 6.36. The molecule has 1 heterocycles. The van der Waals surface area contributed by atoms with Crippen molar-refractivity contribution in [1.82, 2.24) is 15.1 Å². The molecule has 3 nitrogen and oxygen atoms in total. The van der Waals surface area contributed by atoms with Crippen LogP contribution < -0.4 is 5.32 Å². The van der Waals surface area contributed by atoms with Crippen LogP contribution in [0.3, 0.4) is 0 Å². The van der Waals surface area contributed by atoms with Crippen molar-refractivity contribution in [3.63, 3.8) is 0 Å². The molecule has 20 heavy (non-hydrogen) atoms. The van der Waals surface area contributed by atoms with E-state index < -0.39 is 0 Å². The van der Waals surface area contributed by atoms with Crippen molar-refractivity contribution in [1.29, 1.82) is 0 Å².